The smallest absolute Gasteiger partial charge is 0.339 e. The molecule has 0 heterocycles. The van der Waals surface area contributed by atoms with Crippen molar-refractivity contribution in [2.75, 3.05) is 7.11 Å². The average molecular weight is 277 g/mol. The Labute approximate surface area is 116 Å². The van der Waals surface area contributed by atoms with E-state index in [0.717, 1.165) is 11.1 Å². The molecule has 0 atom stereocenters. The topological polar surface area (TPSA) is 46.5 Å². The van der Waals surface area contributed by atoms with Gasteiger partial charge in [0.1, 0.15) is 11.3 Å². The Bertz CT molecular complexity index is 594. The van der Waals surface area contributed by atoms with Crippen LogP contribution in [0.25, 0.3) is 0 Å². The summed E-state index contributed by atoms with van der Waals surface area (Å²) in [5.41, 5.74) is 1.92. The number of benzene rings is 2. The van der Waals surface area contributed by atoms with E-state index in [2.05, 4.69) is 0 Å². The molecule has 0 radical (unpaired) electrons. The van der Waals surface area contributed by atoms with Crippen molar-refractivity contribution in [2.45, 2.75) is 6.42 Å². The molecule has 0 amide bonds. The van der Waals surface area contributed by atoms with Crippen molar-refractivity contribution in [1.82, 2.24) is 0 Å². The predicted molar refractivity (Wildman–Crippen MR) is 74.2 cm³/mol. The zero-order valence-corrected chi connectivity index (χ0v) is 11.1. The van der Waals surface area contributed by atoms with E-state index in [1.54, 1.807) is 6.07 Å². The van der Waals surface area contributed by atoms with Crippen LogP contribution < -0.4 is 4.74 Å². The van der Waals surface area contributed by atoms with Crippen molar-refractivity contribution in [3.63, 3.8) is 0 Å². The van der Waals surface area contributed by atoms with Crippen molar-refractivity contribution >= 4 is 17.6 Å². The molecule has 0 aromatic heterocycles. The molecular formula is C15H13ClO3. The second-order valence-corrected chi connectivity index (χ2v) is 4.55. The SMILES string of the molecule is COc1c(Cc2ccccc2)cc(Cl)cc1C(=O)O. The second kappa shape index (κ2) is 5.76. The zero-order chi connectivity index (χ0) is 13.8. The number of hydrogen-bond acceptors (Lipinski definition) is 2. The Morgan fingerprint density at radius 1 is 1.26 bits per heavy atom. The minimum atomic E-state index is -1.05. The van der Waals surface area contributed by atoms with Crippen molar-refractivity contribution in [2.24, 2.45) is 0 Å². The van der Waals surface area contributed by atoms with Crippen molar-refractivity contribution < 1.29 is 14.6 Å². The largest absolute Gasteiger partial charge is 0.496 e. The van der Waals surface area contributed by atoms with Gasteiger partial charge in [0.2, 0.25) is 0 Å². The molecule has 2 rings (SSSR count). The molecule has 1 N–H and O–H groups in total. The number of rotatable bonds is 4. The van der Waals surface area contributed by atoms with E-state index in [9.17, 15) is 9.90 Å². The van der Waals surface area contributed by atoms with Crippen LogP contribution in [0.15, 0.2) is 42.5 Å². The van der Waals surface area contributed by atoms with Gasteiger partial charge in [0, 0.05) is 17.0 Å². The quantitative estimate of drug-likeness (QED) is 0.927. The highest BCUT2D eigenvalue weighted by Crippen LogP contribution is 2.30. The maximum Gasteiger partial charge on any atom is 0.339 e. The molecule has 19 heavy (non-hydrogen) atoms. The predicted octanol–water partition coefficient (Wildman–Crippen LogP) is 3.64. The van der Waals surface area contributed by atoms with Crippen molar-refractivity contribution in [3.8, 4) is 5.75 Å². The minimum Gasteiger partial charge on any atom is -0.496 e. The third-order valence-corrected chi connectivity index (χ3v) is 3.02. The van der Waals surface area contributed by atoms with Gasteiger partial charge in [-0.1, -0.05) is 41.9 Å². The number of halogens is 1. The summed E-state index contributed by atoms with van der Waals surface area (Å²) in [4.78, 5) is 11.2. The molecule has 0 fully saturated rings. The van der Waals surface area contributed by atoms with Gasteiger partial charge in [-0.25, -0.2) is 4.79 Å². The lowest BCUT2D eigenvalue weighted by molar-refractivity contribution is 0.0693. The van der Waals surface area contributed by atoms with Crippen molar-refractivity contribution in [3.05, 3.63) is 64.2 Å². The normalized spacial score (nSPS) is 10.2. The van der Waals surface area contributed by atoms with Crippen LogP contribution in [0.2, 0.25) is 5.02 Å². The molecular weight excluding hydrogens is 264 g/mol. The zero-order valence-electron chi connectivity index (χ0n) is 10.4. The Hall–Kier alpha value is -2.00. The van der Waals surface area contributed by atoms with E-state index in [4.69, 9.17) is 16.3 Å². The standard InChI is InChI=1S/C15H13ClO3/c1-19-14-11(7-10-5-3-2-4-6-10)8-12(16)9-13(14)15(17)18/h2-6,8-9H,7H2,1H3,(H,17,18). The summed E-state index contributed by atoms with van der Waals surface area (Å²) in [7, 11) is 1.46. The first-order valence-corrected chi connectivity index (χ1v) is 6.13. The molecule has 0 saturated carbocycles. The number of carbonyl (C=O) groups is 1. The van der Waals surface area contributed by atoms with Crippen LogP contribution >= 0.6 is 11.6 Å². The van der Waals surface area contributed by atoms with Gasteiger partial charge in [0.05, 0.1) is 7.11 Å². The van der Waals surface area contributed by atoms with Gasteiger partial charge in [0.15, 0.2) is 0 Å². The Kier molecular flexibility index (Phi) is 4.07. The molecule has 0 bridgehead atoms. The van der Waals surface area contributed by atoms with Gasteiger partial charge in [-0.2, -0.15) is 0 Å². The monoisotopic (exact) mass is 276 g/mol. The highest BCUT2D eigenvalue weighted by atomic mass is 35.5. The molecule has 0 aliphatic heterocycles. The first-order valence-electron chi connectivity index (χ1n) is 5.75. The third-order valence-electron chi connectivity index (χ3n) is 2.80. The Balaban J connectivity index is 2.47. The van der Waals surface area contributed by atoms with Crippen LogP contribution in [0.5, 0.6) is 5.75 Å². The summed E-state index contributed by atoms with van der Waals surface area (Å²) in [6.45, 7) is 0. The maximum atomic E-state index is 11.2. The number of ether oxygens (including phenoxy) is 1. The number of hydrogen-bond donors (Lipinski definition) is 1. The summed E-state index contributed by atoms with van der Waals surface area (Å²) < 4.78 is 5.23. The van der Waals surface area contributed by atoms with Gasteiger partial charge < -0.3 is 9.84 Å². The highest BCUT2D eigenvalue weighted by Gasteiger charge is 2.16. The molecule has 4 heteroatoms. The van der Waals surface area contributed by atoms with Crippen molar-refractivity contribution in [1.29, 1.82) is 0 Å². The van der Waals surface area contributed by atoms with Gasteiger partial charge in [-0.05, 0) is 17.7 Å². The highest BCUT2D eigenvalue weighted by molar-refractivity contribution is 6.31. The third kappa shape index (κ3) is 3.06. The van der Waals surface area contributed by atoms with Crippen LogP contribution in [0.3, 0.4) is 0 Å². The van der Waals surface area contributed by atoms with E-state index in [1.807, 2.05) is 30.3 Å². The molecule has 2 aromatic rings. The van der Waals surface area contributed by atoms with Gasteiger partial charge in [0.25, 0.3) is 0 Å². The van der Waals surface area contributed by atoms with Crippen LogP contribution in [0.1, 0.15) is 21.5 Å². The summed E-state index contributed by atoms with van der Waals surface area (Å²) in [6, 6.07) is 12.9. The van der Waals surface area contributed by atoms with E-state index in [-0.39, 0.29) is 5.56 Å². The number of carboxylic acids is 1. The number of aromatic carboxylic acids is 1. The maximum absolute atomic E-state index is 11.2. The van der Waals surface area contributed by atoms with Crippen LogP contribution in [-0.2, 0) is 6.42 Å². The average Bonchev–Trinajstić information content (AvgIpc) is 2.39. The van der Waals surface area contributed by atoms with E-state index < -0.39 is 5.97 Å². The van der Waals surface area contributed by atoms with E-state index >= 15 is 0 Å². The van der Waals surface area contributed by atoms with Crippen LogP contribution in [0.4, 0.5) is 0 Å². The summed E-state index contributed by atoms with van der Waals surface area (Å²) in [5.74, 6) is -0.686. The molecule has 0 saturated heterocycles. The van der Waals surface area contributed by atoms with Gasteiger partial charge in [-0.15, -0.1) is 0 Å². The number of methoxy groups -OCH3 is 1. The van der Waals surface area contributed by atoms with Crippen LogP contribution in [0, 0.1) is 0 Å². The molecule has 0 spiro atoms. The second-order valence-electron chi connectivity index (χ2n) is 4.11. The van der Waals surface area contributed by atoms with Crippen LogP contribution in [-0.4, -0.2) is 18.2 Å². The lowest BCUT2D eigenvalue weighted by Gasteiger charge is -2.12. The van der Waals surface area contributed by atoms with Gasteiger partial charge >= 0.3 is 5.97 Å². The minimum absolute atomic E-state index is 0.0842. The molecule has 0 aliphatic carbocycles. The Morgan fingerprint density at radius 3 is 2.53 bits per heavy atom. The molecule has 0 aliphatic rings. The van der Waals surface area contributed by atoms with E-state index in [0.29, 0.717) is 17.2 Å². The first kappa shape index (κ1) is 13.4. The summed E-state index contributed by atoms with van der Waals surface area (Å²) in [6.07, 6.45) is 0.574. The number of carboxylic acid groups (broad SMARTS) is 1. The Morgan fingerprint density at radius 2 is 1.95 bits per heavy atom. The van der Waals surface area contributed by atoms with E-state index in [1.165, 1.54) is 13.2 Å². The molecule has 3 nitrogen and oxygen atoms in total. The fourth-order valence-electron chi connectivity index (χ4n) is 2.00. The van der Waals surface area contributed by atoms with Gasteiger partial charge in [-0.3, -0.25) is 0 Å². The lowest BCUT2D eigenvalue weighted by atomic mass is 10.0. The molecule has 2 aromatic carbocycles. The first-order chi connectivity index (χ1) is 9.11. The summed E-state index contributed by atoms with van der Waals surface area (Å²) >= 11 is 5.97. The lowest BCUT2D eigenvalue weighted by Crippen LogP contribution is -2.04. The molecule has 0 unspecified atom stereocenters. The summed E-state index contributed by atoms with van der Waals surface area (Å²) in [5, 5.41) is 9.57. The fourth-order valence-corrected chi connectivity index (χ4v) is 2.24. The fraction of sp³-hybridized carbons (Fsp3) is 0.133. The molecule has 98 valence electrons.